The van der Waals surface area contributed by atoms with E-state index in [1.807, 2.05) is 36.4 Å². The maximum Gasteiger partial charge on any atom is 0.255 e. The van der Waals surface area contributed by atoms with Gasteiger partial charge >= 0.3 is 0 Å². The molecule has 0 unspecified atom stereocenters. The molecule has 2 aromatic rings. The van der Waals surface area contributed by atoms with Crippen LogP contribution in [0, 0.1) is 5.92 Å². The van der Waals surface area contributed by atoms with Crippen molar-refractivity contribution in [2.75, 3.05) is 13.1 Å². The minimum Gasteiger partial charge on any atom is -0.457 e. The quantitative estimate of drug-likeness (QED) is 0.770. The summed E-state index contributed by atoms with van der Waals surface area (Å²) in [6.45, 7) is 0.819. The minimum atomic E-state index is -0.220. The fourth-order valence-corrected chi connectivity index (χ4v) is 2.31. The molecular formula is C19H20N2O3. The molecule has 124 valence electrons. The van der Waals surface area contributed by atoms with E-state index in [4.69, 9.17) is 4.74 Å². The number of hydrogen-bond acceptors (Lipinski definition) is 3. The van der Waals surface area contributed by atoms with Gasteiger partial charge in [-0.1, -0.05) is 30.3 Å². The third-order valence-corrected chi connectivity index (χ3v) is 3.76. The maximum absolute atomic E-state index is 12.3. The van der Waals surface area contributed by atoms with E-state index >= 15 is 0 Å². The molecule has 1 fully saturated rings. The smallest absolute Gasteiger partial charge is 0.255 e. The van der Waals surface area contributed by atoms with Crippen LogP contribution >= 0.6 is 0 Å². The van der Waals surface area contributed by atoms with E-state index in [1.165, 1.54) is 0 Å². The van der Waals surface area contributed by atoms with Gasteiger partial charge in [0, 0.05) is 19.0 Å². The Kier molecular flexibility index (Phi) is 5.11. The molecule has 0 saturated heterocycles. The molecule has 0 aromatic heterocycles. The summed E-state index contributed by atoms with van der Waals surface area (Å²) in [5, 5.41) is 5.63. The Hall–Kier alpha value is -2.82. The SMILES string of the molecule is O=C(NCCNC(=O)C1CC1)c1ccccc1Oc1ccccc1. The lowest BCUT2D eigenvalue weighted by molar-refractivity contribution is -0.122. The zero-order valence-electron chi connectivity index (χ0n) is 13.3. The van der Waals surface area contributed by atoms with Gasteiger partial charge in [-0.2, -0.15) is 0 Å². The number of hydrogen-bond donors (Lipinski definition) is 2. The van der Waals surface area contributed by atoms with Gasteiger partial charge in [0.1, 0.15) is 11.5 Å². The van der Waals surface area contributed by atoms with E-state index in [0.29, 0.717) is 30.2 Å². The minimum absolute atomic E-state index is 0.0806. The van der Waals surface area contributed by atoms with Gasteiger partial charge in [0.25, 0.3) is 5.91 Å². The molecule has 0 aliphatic heterocycles. The average molecular weight is 324 g/mol. The summed E-state index contributed by atoms with van der Waals surface area (Å²) < 4.78 is 5.78. The van der Waals surface area contributed by atoms with Crippen molar-refractivity contribution < 1.29 is 14.3 Å². The van der Waals surface area contributed by atoms with Crippen LogP contribution in [0.2, 0.25) is 0 Å². The van der Waals surface area contributed by atoms with E-state index in [2.05, 4.69) is 10.6 Å². The number of nitrogens with one attached hydrogen (secondary N) is 2. The fourth-order valence-electron chi connectivity index (χ4n) is 2.31. The van der Waals surface area contributed by atoms with Crippen molar-refractivity contribution >= 4 is 11.8 Å². The molecule has 0 bridgehead atoms. The molecule has 0 spiro atoms. The van der Waals surface area contributed by atoms with Crippen molar-refractivity contribution in [3.8, 4) is 11.5 Å². The first-order valence-electron chi connectivity index (χ1n) is 8.12. The van der Waals surface area contributed by atoms with Crippen LogP contribution in [0.3, 0.4) is 0 Å². The monoisotopic (exact) mass is 324 g/mol. The summed E-state index contributed by atoms with van der Waals surface area (Å²) in [4.78, 5) is 23.9. The van der Waals surface area contributed by atoms with Crippen LogP contribution in [0.5, 0.6) is 11.5 Å². The predicted octanol–water partition coefficient (Wildman–Crippen LogP) is 2.73. The molecule has 1 saturated carbocycles. The van der Waals surface area contributed by atoms with Crippen molar-refractivity contribution in [2.24, 2.45) is 5.92 Å². The molecule has 0 heterocycles. The molecule has 2 amide bonds. The second-order valence-electron chi connectivity index (χ2n) is 5.73. The fraction of sp³-hybridized carbons (Fsp3) is 0.263. The van der Waals surface area contributed by atoms with E-state index < -0.39 is 0 Å². The highest BCUT2D eigenvalue weighted by Crippen LogP contribution is 2.28. The van der Waals surface area contributed by atoms with Crippen LogP contribution in [0.15, 0.2) is 54.6 Å². The van der Waals surface area contributed by atoms with Crippen LogP contribution in [0.4, 0.5) is 0 Å². The lowest BCUT2D eigenvalue weighted by atomic mass is 10.2. The number of carbonyl (C=O) groups excluding carboxylic acids is 2. The molecule has 1 aliphatic carbocycles. The Labute approximate surface area is 141 Å². The van der Waals surface area contributed by atoms with Gasteiger partial charge in [-0.25, -0.2) is 0 Å². The summed E-state index contributed by atoms with van der Waals surface area (Å²) in [6, 6.07) is 16.4. The van der Waals surface area contributed by atoms with Crippen LogP contribution in [0.25, 0.3) is 0 Å². The van der Waals surface area contributed by atoms with Crippen molar-refractivity contribution in [3.63, 3.8) is 0 Å². The summed E-state index contributed by atoms with van der Waals surface area (Å²) in [5.74, 6) is 1.22. The van der Waals surface area contributed by atoms with Gasteiger partial charge in [-0.15, -0.1) is 0 Å². The van der Waals surface area contributed by atoms with Crippen LogP contribution in [-0.4, -0.2) is 24.9 Å². The Balaban J connectivity index is 1.55. The summed E-state index contributed by atoms with van der Waals surface area (Å²) in [5.41, 5.74) is 0.467. The summed E-state index contributed by atoms with van der Waals surface area (Å²) in [6.07, 6.45) is 1.95. The van der Waals surface area contributed by atoms with E-state index in [0.717, 1.165) is 12.8 Å². The van der Waals surface area contributed by atoms with Crippen LogP contribution in [0.1, 0.15) is 23.2 Å². The molecule has 24 heavy (non-hydrogen) atoms. The molecule has 0 radical (unpaired) electrons. The zero-order valence-corrected chi connectivity index (χ0v) is 13.3. The normalized spacial score (nSPS) is 13.2. The highest BCUT2D eigenvalue weighted by molar-refractivity contribution is 5.97. The van der Waals surface area contributed by atoms with Gasteiger partial charge in [0.2, 0.25) is 5.91 Å². The van der Waals surface area contributed by atoms with Gasteiger partial charge < -0.3 is 15.4 Å². The van der Waals surface area contributed by atoms with E-state index in [9.17, 15) is 9.59 Å². The topological polar surface area (TPSA) is 67.4 Å². The standard InChI is InChI=1S/C19H20N2O3/c22-18(14-10-11-14)20-12-13-21-19(23)16-8-4-5-9-17(16)24-15-6-2-1-3-7-15/h1-9,14H,10-13H2,(H,20,22)(H,21,23). The number of amides is 2. The zero-order chi connectivity index (χ0) is 16.8. The van der Waals surface area contributed by atoms with Crippen LogP contribution < -0.4 is 15.4 Å². The third kappa shape index (κ3) is 4.35. The lowest BCUT2D eigenvalue weighted by Gasteiger charge is -2.11. The Morgan fingerprint density at radius 2 is 1.58 bits per heavy atom. The first-order valence-corrected chi connectivity index (χ1v) is 8.12. The summed E-state index contributed by atoms with van der Waals surface area (Å²) >= 11 is 0. The van der Waals surface area contributed by atoms with Crippen molar-refractivity contribution in [2.45, 2.75) is 12.8 Å². The van der Waals surface area contributed by atoms with Crippen LogP contribution in [-0.2, 0) is 4.79 Å². The predicted molar refractivity (Wildman–Crippen MR) is 91.0 cm³/mol. The highest BCUT2D eigenvalue weighted by Gasteiger charge is 2.29. The Morgan fingerprint density at radius 1 is 0.917 bits per heavy atom. The number of para-hydroxylation sites is 2. The number of carbonyl (C=O) groups is 2. The Bertz CT molecular complexity index is 712. The number of rotatable bonds is 7. The molecule has 2 aromatic carbocycles. The first kappa shape index (κ1) is 16.1. The van der Waals surface area contributed by atoms with Gasteiger partial charge in [-0.3, -0.25) is 9.59 Å². The lowest BCUT2D eigenvalue weighted by Crippen LogP contribution is -2.35. The average Bonchev–Trinajstić information content (AvgIpc) is 3.45. The second kappa shape index (κ2) is 7.64. The third-order valence-electron chi connectivity index (χ3n) is 3.76. The van der Waals surface area contributed by atoms with Crippen molar-refractivity contribution in [3.05, 3.63) is 60.2 Å². The molecule has 2 N–H and O–H groups in total. The number of ether oxygens (including phenoxy) is 1. The highest BCUT2D eigenvalue weighted by atomic mass is 16.5. The van der Waals surface area contributed by atoms with Crippen molar-refractivity contribution in [1.82, 2.24) is 10.6 Å². The molecule has 5 heteroatoms. The van der Waals surface area contributed by atoms with E-state index in [1.54, 1.807) is 18.2 Å². The van der Waals surface area contributed by atoms with Crippen molar-refractivity contribution in [1.29, 1.82) is 0 Å². The summed E-state index contributed by atoms with van der Waals surface area (Å²) in [7, 11) is 0. The Morgan fingerprint density at radius 3 is 2.33 bits per heavy atom. The van der Waals surface area contributed by atoms with E-state index in [-0.39, 0.29) is 17.7 Å². The first-order chi connectivity index (χ1) is 11.7. The molecule has 5 nitrogen and oxygen atoms in total. The molecule has 1 aliphatic rings. The molecule has 3 rings (SSSR count). The maximum atomic E-state index is 12.3. The molecular weight excluding hydrogens is 304 g/mol. The number of benzene rings is 2. The van der Waals surface area contributed by atoms with Gasteiger partial charge in [0.15, 0.2) is 0 Å². The van der Waals surface area contributed by atoms with Gasteiger partial charge in [-0.05, 0) is 37.1 Å². The largest absolute Gasteiger partial charge is 0.457 e. The van der Waals surface area contributed by atoms with Gasteiger partial charge in [0.05, 0.1) is 5.56 Å². The molecule has 0 atom stereocenters. The second-order valence-corrected chi connectivity index (χ2v) is 5.73.